The zero-order chi connectivity index (χ0) is 15.4. The molecular formula is C16H15FN2OS2. The first-order chi connectivity index (χ1) is 10.7. The van der Waals surface area contributed by atoms with E-state index in [1.54, 1.807) is 28.7 Å². The number of halogens is 1. The van der Waals surface area contributed by atoms with Crippen LogP contribution >= 0.6 is 22.7 Å². The maximum Gasteiger partial charge on any atom is 0.315 e. The normalized spacial score (nSPS) is 10.8. The minimum atomic E-state index is -0.240. The first-order valence-electron chi connectivity index (χ1n) is 6.93. The van der Waals surface area contributed by atoms with E-state index in [0.29, 0.717) is 13.1 Å². The van der Waals surface area contributed by atoms with Gasteiger partial charge in [-0.2, -0.15) is 0 Å². The second-order valence-corrected chi connectivity index (χ2v) is 7.03. The summed E-state index contributed by atoms with van der Waals surface area (Å²) in [5, 5.41) is 8.56. The highest BCUT2D eigenvalue weighted by atomic mass is 32.1. The predicted octanol–water partition coefficient (Wildman–Crippen LogP) is 4.14. The number of nitrogens with one attached hydrogen (secondary N) is 2. The molecule has 0 bridgehead atoms. The largest absolute Gasteiger partial charge is 0.338 e. The van der Waals surface area contributed by atoms with Crippen LogP contribution in [-0.4, -0.2) is 12.6 Å². The maximum absolute atomic E-state index is 13.1. The van der Waals surface area contributed by atoms with Gasteiger partial charge in [-0.05, 0) is 47.5 Å². The number of amides is 2. The molecule has 3 rings (SSSR count). The van der Waals surface area contributed by atoms with E-state index < -0.39 is 0 Å². The summed E-state index contributed by atoms with van der Waals surface area (Å²) >= 11 is 3.25. The molecule has 0 aliphatic carbocycles. The molecule has 114 valence electrons. The number of rotatable bonds is 5. The van der Waals surface area contributed by atoms with E-state index in [4.69, 9.17) is 0 Å². The zero-order valence-electron chi connectivity index (χ0n) is 11.8. The van der Waals surface area contributed by atoms with Gasteiger partial charge < -0.3 is 10.6 Å². The number of carbonyl (C=O) groups excluding carboxylic acids is 1. The van der Waals surface area contributed by atoms with Gasteiger partial charge in [0.15, 0.2) is 0 Å². The number of hydrogen-bond donors (Lipinski definition) is 2. The van der Waals surface area contributed by atoms with Gasteiger partial charge in [0, 0.05) is 21.0 Å². The molecule has 3 aromatic rings. The van der Waals surface area contributed by atoms with Crippen LogP contribution in [0.4, 0.5) is 9.18 Å². The molecule has 0 aliphatic rings. The molecule has 0 radical (unpaired) electrons. The quantitative estimate of drug-likeness (QED) is 0.723. The maximum atomic E-state index is 13.1. The van der Waals surface area contributed by atoms with E-state index in [9.17, 15) is 9.18 Å². The Balaban J connectivity index is 1.47. The molecule has 2 N–H and O–H groups in total. The average molecular weight is 334 g/mol. The number of hydrogen-bond acceptors (Lipinski definition) is 3. The third kappa shape index (κ3) is 3.84. The lowest BCUT2D eigenvalue weighted by atomic mass is 10.2. The third-order valence-electron chi connectivity index (χ3n) is 3.19. The predicted molar refractivity (Wildman–Crippen MR) is 90.0 cm³/mol. The summed E-state index contributed by atoms with van der Waals surface area (Å²) in [5.74, 6) is -0.240. The highest BCUT2D eigenvalue weighted by Crippen LogP contribution is 2.26. The van der Waals surface area contributed by atoms with Crippen molar-refractivity contribution >= 4 is 38.8 Å². The molecule has 0 atom stereocenters. The van der Waals surface area contributed by atoms with Crippen LogP contribution in [0.5, 0.6) is 0 Å². The Bertz CT molecular complexity index is 768. The Kier molecular flexibility index (Phi) is 4.70. The van der Waals surface area contributed by atoms with Crippen molar-refractivity contribution in [2.45, 2.75) is 13.0 Å². The average Bonchev–Trinajstić information content (AvgIpc) is 3.13. The van der Waals surface area contributed by atoms with Crippen molar-refractivity contribution in [1.82, 2.24) is 10.6 Å². The molecule has 3 nitrogen and oxygen atoms in total. The number of carbonyl (C=O) groups is 1. The second-order valence-electron chi connectivity index (χ2n) is 4.83. The zero-order valence-corrected chi connectivity index (χ0v) is 13.4. The van der Waals surface area contributed by atoms with Crippen LogP contribution in [0.25, 0.3) is 10.1 Å². The first kappa shape index (κ1) is 15.0. The van der Waals surface area contributed by atoms with Gasteiger partial charge in [-0.25, -0.2) is 9.18 Å². The summed E-state index contributed by atoms with van der Waals surface area (Å²) in [6.07, 6.45) is 0.841. The summed E-state index contributed by atoms with van der Waals surface area (Å²) in [5.41, 5.74) is 0. The lowest BCUT2D eigenvalue weighted by Gasteiger charge is -2.05. The van der Waals surface area contributed by atoms with Gasteiger partial charge in [0.25, 0.3) is 0 Å². The molecule has 0 saturated carbocycles. The molecule has 2 heterocycles. The van der Waals surface area contributed by atoms with Crippen molar-refractivity contribution in [3.63, 3.8) is 0 Å². The highest BCUT2D eigenvalue weighted by molar-refractivity contribution is 7.19. The lowest BCUT2D eigenvalue weighted by molar-refractivity contribution is 0.241. The van der Waals surface area contributed by atoms with Gasteiger partial charge in [-0.1, -0.05) is 6.07 Å². The second kappa shape index (κ2) is 6.89. The molecule has 0 saturated heterocycles. The number of benzene rings is 1. The molecule has 0 fully saturated rings. The number of urea groups is 1. The van der Waals surface area contributed by atoms with Crippen molar-refractivity contribution in [3.05, 3.63) is 57.3 Å². The van der Waals surface area contributed by atoms with Gasteiger partial charge >= 0.3 is 6.03 Å². The topological polar surface area (TPSA) is 41.1 Å². The molecule has 1 aromatic carbocycles. The number of fused-ring (bicyclic) bond motifs is 1. The fourth-order valence-electron chi connectivity index (χ4n) is 2.14. The molecule has 22 heavy (non-hydrogen) atoms. The Labute approximate surface area is 135 Å². The third-order valence-corrected chi connectivity index (χ3v) is 5.24. The fourth-order valence-corrected chi connectivity index (χ4v) is 3.83. The van der Waals surface area contributed by atoms with Crippen LogP contribution < -0.4 is 10.6 Å². The molecule has 2 aromatic heterocycles. The first-order valence-corrected chi connectivity index (χ1v) is 8.62. The van der Waals surface area contributed by atoms with Crippen molar-refractivity contribution in [2.75, 3.05) is 6.54 Å². The minimum Gasteiger partial charge on any atom is -0.338 e. The van der Waals surface area contributed by atoms with Crippen LogP contribution in [0.2, 0.25) is 0 Å². The van der Waals surface area contributed by atoms with Gasteiger partial charge in [-0.3, -0.25) is 0 Å². The molecule has 0 unspecified atom stereocenters. The molecule has 6 heteroatoms. The Morgan fingerprint density at radius 1 is 1.14 bits per heavy atom. The Morgan fingerprint density at radius 2 is 2.05 bits per heavy atom. The monoisotopic (exact) mass is 334 g/mol. The standard InChI is InChI=1S/C16H15FN2OS2/c17-12-3-4-15-11(8-12)9-14(22-15)10-19-16(20)18-6-5-13-2-1-7-21-13/h1-4,7-9H,5-6,10H2,(H2,18,19,20). The number of thiophene rings is 2. The SMILES string of the molecule is O=C(NCCc1cccs1)NCc1cc2cc(F)ccc2s1. The van der Waals surface area contributed by atoms with Crippen LogP contribution in [0.15, 0.2) is 41.8 Å². The minimum absolute atomic E-state index is 0.180. The van der Waals surface area contributed by atoms with Crippen LogP contribution in [0, 0.1) is 5.82 Å². The Hall–Kier alpha value is -1.92. The van der Waals surface area contributed by atoms with E-state index in [2.05, 4.69) is 16.7 Å². The van der Waals surface area contributed by atoms with E-state index >= 15 is 0 Å². The van der Waals surface area contributed by atoms with Gasteiger partial charge in [0.1, 0.15) is 5.82 Å². The van der Waals surface area contributed by atoms with Crippen molar-refractivity contribution in [1.29, 1.82) is 0 Å². The van der Waals surface area contributed by atoms with Gasteiger partial charge in [0.05, 0.1) is 6.54 Å². The van der Waals surface area contributed by atoms with E-state index in [0.717, 1.165) is 21.4 Å². The Morgan fingerprint density at radius 3 is 2.86 bits per heavy atom. The van der Waals surface area contributed by atoms with Gasteiger partial charge in [0.2, 0.25) is 0 Å². The fraction of sp³-hybridized carbons (Fsp3) is 0.188. The van der Waals surface area contributed by atoms with E-state index in [-0.39, 0.29) is 11.8 Å². The highest BCUT2D eigenvalue weighted by Gasteiger charge is 2.05. The van der Waals surface area contributed by atoms with Crippen LogP contribution in [-0.2, 0) is 13.0 Å². The van der Waals surface area contributed by atoms with Crippen LogP contribution in [0.1, 0.15) is 9.75 Å². The van der Waals surface area contributed by atoms with Crippen molar-refractivity contribution < 1.29 is 9.18 Å². The van der Waals surface area contributed by atoms with E-state index in [1.165, 1.54) is 17.0 Å². The summed E-state index contributed by atoms with van der Waals surface area (Å²) in [4.78, 5) is 14.0. The van der Waals surface area contributed by atoms with Crippen LogP contribution in [0.3, 0.4) is 0 Å². The van der Waals surface area contributed by atoms with Gasteiger partial charge in [-0.15, -0.1) is 22.7 Å². The summed E-state index contributed by atoms with van der Waals surface area (Å²) in [7, 11) is 0. The summed E-state index contributed by atoms with van der Waals surface area (Å²) < 4.78 is 14.2. The molecule has 2 amide bonds. The van der Waals surface area contributed by atoms with E-state index in [1.807, 2.05) is 17.5 Å². The molecule has 0 aliphatic heterocycles. The summed E-state index contributed by atoms with van der Waals surface area (Å²) in [6, 6.07) is 10.5. The molecule has 0 spiro atoms. The smallest absolute Gasteiger partial charge is 0.315 e. The molecular weight excluding hydrogens is 319 g/mol. The van der Waals surface area contributed by atoms with Crippen molar-refractivity contribution in [3.8, 4) is 0 Å². The summed E-state index contributed by atoms with van der Waals surface area (Å²) in [6.45, 7) is 1.07. The lowest BCUT2D eigenvalue weighted by Crippen LogP contribution is -2.35. The van der Waals surface area contributed by atoms with Crippen molar-refractivity contribution in [2.24, 2.45) is 0 Å².